The minimum Gasteiger partial charge on any atom is -0.383 e. The van der Waals surface area contributed by atoms with Gasteiger partial charge < -0.3 is 15.4 Å². The van der Waals surface area contributed by atoms with Crippen molar-refractivity contribution in [1.82, 2.24) is 15.6 Å². The first-order chi connectivity index (χ1) is 11.1. The lowest BCUT2D eigenvalue weighted by Crippen LogP contribution is -2.33. The standard InChI is InChI=1S/C15H17Cl2N3O2S/c1-22-7-6-18-4-5-19-14(21)13-9-23-15(20-13)10-2-3-11(16)12(17)8-10/h2-3,8-9,18H,4-7H2,1H3,(H,19,21). The maximum atomic E-state index is 12.0. The van der Waals surface area contributed by atoms with Crippen LogP contribution < -0.4 is 10.6 Å². The highest BCUT2D eigenvalue weighted by atomic mass is 35.5. The van der Waals surface area contributed by atoms with Crippen LogP contribution in [0.15, 0.2) is 23.6 Å². The molecule has 0 aliphatic heterocycles. The van der Waals surface area contributed by atoms with E-state index in [4.69, 9.17) is 27.9 Å². The number of thiazole rings is 1. The van der Waals surface area contributed by atoms with E-state index in [1.54, 1.807) is 24.6 Å². The number of hydrogen-bond acceptors (Lipinski definition) is 5. The van der Waals surface area contributed by atoms with Crippen LogP contribution in [-0.2, 0) is 4.74 Å². The number of nitrogens with zero attached hydrogens (tertiary/aromatic N) is 1. The van der Waals surface area contributed by atoms with Crippen molar-refractivity contribution in [2.24, 2.45) is 0 Å². The van der Waals surface area contributed by atoms with Gasteiger partial charge in [0.1, 0.15) is 10.7 Å². The Morgan fingerprint density at radius 1 is 1.26 bits per heavy atom. The number of carbonyl (C=O) groups is 1. The topological polar surface area (TPSA) is 63.2 Å². The van der Waals surface area contributed by atoms with Crippen LogP contribution in [-0.4, -0.2) is 44.2 Å². The van der Waals surface area contributed by atoms with Gasteiger partial charge in [0.15, 0.2) is 0 Å². The summed E-state index contributed by atoms with van der Waals surface area (Å²) < 4.78 is 4.92. The van der Waals surface area contributed by atoms with Crippen LogP contribution in [0.3, 0.4) is 0 Å². The SMILES string of the molecule is COCCNCCNC(=O)c1csc(-c2ccc(Cl)c(Cl)c2)n1. The van der Waals surface area contributed by atoms with Crippen LogP contribution in [0.2, 0.25) is 10.0 Å². The Bertz CT molecular complexity index is 664. The summed E-state index contributed by atoms with van der Waals surface area (Å²) in [4.78, 5) is 16.4. The van der Waals surface area contributed by atoms with Gasteiger partial charge in [0.25, 0.3) is 5.91 Å². The summed E-state index contributed by atoms with van der Waals surface area (Å²) in [6.45, 7) is 2.61. The Balaban J connectivity index is 1.88. The summed E-state index contributed by atoms with van der Waals surface area (Å²) in [5, 5.41) is 9.38. The van der Waals surface area contributed by atoms with Gasteiger partial charge >= 0.3 is 0 Å². The lowest BCUT2D eigenvalue weighted by atomic mass is 10.2. The largest absolute Gasteiger partial charge is 0.383 e. The van der Waals surface area contributed by atoms with E-state index in [0.29, 0.717) is 35.4 Å². The quantitative estimate of drug-likeness (QED) is 0.697. The fourth-order valence-corrected chi connectivity index (χ4v) is 2.89. The third-order valence-electron chi connectivity index (χ3n) is 2.97. The molecule has 1 aromatic carbocycles. The predicted octanol–water partition coefficient (Wildman–Crippen LogP) is 3.08. The van der Waals surface area contributed by atoms with Crippen LogP contribution >= 0.6 is 34.5 Å². The second kappa shape index (κ2) is 9.20. The number of hydrogen-bond donors (Lipinski definition) is 2. The summed E-state index contributed by atoms with van der Waals surface area (Å²) >= 11 is 13.3. The van der Waals surface area contributed by atoms with Gasteiger partial charge in [-0.25, -0.2) is 4.98 Å². The maximum Gasteiger partial charge on any atom is 0.270 e. The fraction of sp³-hybridized carbons (Fsp3) is 0.333. The smallest absolute Gasteiger partial charge is 0.270 e. The minimum atomic E-state index is -0.193. The van der Waals surface area contributed by atoms with Gasteiger partial charge in [0.2, 0.25) is 0 Å². The van der Waals surface area contributed by atoms with Crippen molar-refractivity contribution in [3.05, 3.63) is 39.3 Å². The molecule has 0 aliphatic carbocycles. The molecule has 0 aliphatic rings. The van der Waals surface area contributed by atoms with E-state index in [0.717, 1.165) is 17.1 Å². The molecule has 1 aromatic heterocycles. The zero-order chi connectivity index (χ0) is 16.7. The molecule has 0 spiro atoms. The van der Waals surface area contributed by atoms with E-state index < -0.39 is 0 Å². The zero-order valence-corrected chi connectivity index (χ0v) is 14.9. The number of nitrogens with one attached hydrogen (secondary N) is 2. The first kappa shape index (κ1) is 18.2. The Labute approximate surface area is 149 Å². The number of halogens is 2. The van der Waals surface area contributed by atoms with E-state index in [2.05, 4.69) is 15.6 Å². The molecule has 2 aromatic rings. The molecule has 5 nitrogen and oxygen atoms in total. The summed E-state index contributed by atoms with van der Waals surface area (Å²) in [5.74, 6) is -0.193. The van der Waals surface area contributed by atoms with Crippen molar-refractivity contribution in [3.63, 3.8) is 0 Å². The van der Waals surface area contributed by atoms with Crippen LogP contribution in [0.25, 0.3) is 10.6 Å². The molecule has 0 radical (unpaired) electrons. The minimum absolute atomic E-state index is 0.193. The summed E-state index contributed by atoms with van der Waals surface area (Å²) in [6, 6.07) is 5.28. The normalized spacial score (nSPS) is 10.7. The van der Waals surface area contributed by atoms with E-state index in [9.17, 15) is 4.79 Å². The maximum absolute atomic E-state index is 12.0. The van der Waals surface area contributed by atoms with Crippen molar-refractivity contribution in [1.29, 1.82) is 0 Å². The van der Waals surface area contributed by atoms with Crippen LogP contribution in [0.1, 0.15) is 10.5 Å². The van der Waals surface area contributed by atoms with Crippen molar-refractivity contribution in [2.45, 2.75) is 0 Å². The summed E-state index contributed by atoms with van der Waals surface area (Å²) in [5.41, 5.74) is 1.23. The third kappa shape index (κ3) is 5.44. The number of ether oxygens (including phenoxy) is 1. The van der Waals surface area contributed by atoms with Gasteiger partial charge in [0.05, 0.1) is 16.7 Å². The second-order valence-electron chi connectivity index (χ2n) is 4.67. The molecule has 0 saturated heterocycles. The molecular formula is C15H17Cl2N3O2S. The lowest BCUT2D eigenvalue weighted by molar-refractivity contribution is 0.0949. The molecule has 8 heteroatoms. The second-order valence-corrected chi connectivity index (χ2v) is 6.34. The van der Waals surface area contributed by atoms with Crippen molar-refractivity contribution in [3.8, 4) is 10.6 Å². The molecular weight excluding hydrogens is 357 g/mol. The van der Waals surface area contributed by atoms with Crippen LogP contribution in [0.4, 0.5) is 0 Å². The Morgan fingerprint density at radius 2 is 2.09 bits per heavy atom. The molecule has 2 rings (SSSR count). The van der Waals surface area contributed by atoms with E-state index in [1.807, 2.05) is 6.07 Å². The molecule has 1 amide bonds. The molecule has 23 heavy (non-hydrogen) atoms. The Morgan fingerprint density at radius 3 is 2.83 bits per heavy atom. The van der Waals surface area contributed by atoms with E-state index >= 15 is 0 Å². The number of amides is 1. The van der Waals surface area contributed by atoms with Crippen molar-refractivity contribution >= 4 is 40.4 Å². The summed E-state index contributed by atoms with van der Waals surface area (Å²) in [7, 11) is 1.65. The van der Waals surface area contributed by atoms with E-state index in [-0.39, 0.29) is 5.91 Å². The number of aromatic nitrogens is 1. The van der Waals surface area contributed by atoms with Gasteiger partial charge in [-0.2, -0.15) is 0 Å². The summed E-state index contributed by atoms with van der Waals surface area (Å²) in [6.07, 6.45) is 0. The first-order valence-corrected chi connectivity index (χ1v) is 8.64. The van der Waals surface area contributed by atoms with Crippen molar-refractivity contribution in [2.75, 3.05) is 33.4 Å². The average Bonchev–Trinajstić information content (AvgIpc) is 3.03. The monoisotopic (exact) mass is 373 g/mol. The number of methoxy groups -OCH3 is 1. The van der Waals surface area contributed by atoms with Gasteiger partial charge in [0, 0.05) is 37.7 Å². The highest BCUT2D eigenvalue weighted by Gasteiger charge is 2.12. The number of carbonyl (C=O) groups excluding carboxylic acids is 1. The highest BCUT2D eigenvalue weighted by molar-refractivity contribution is 7.13. The highest BCUT2D eigenvalue weighted by Crippen LogP contribution is 2.30. The predicted molar refractivity (Wildman–Crippen MR) is 94.6 cm³/mol. The van der Waals surface area contributed by atoms with Crippen molar-refractivity contribution < 1.29 is 9.53 Å². The van der Waals surface area contributed by atoms with Gasteiger partial charge in [-0.3, -0.25) is 4.79 Å². The first-order valence-electron chi connectivity index (χ1n) is 7.00. The zero-order valence-electron chi connectivity index (χ0n) is 12.6. The lowest BCUT2D eigenvalue weighted by Gasteiger charge is -2.05. The molecule has 0 atom stereocenters. The number of rotatable bonds is 8. The van der Waals surface area contributed by atoms with Crippen LogP contribution in [0.5, 0.6) is 0 Å². The fourth-order valence-electron chi connectivity index (χ4n) is 1.79. The molecule has 0 unspecified atom stereocenters. The van der Waals surface area contributed by atoms with Gasteiger partial charge in [-0.15, -0.1) is 11.3 Å². The average molecular weight is 374 g/mol. The Kier molecular flexibility index (Phi) is 7.26. The molecule has 124 valence electrons. The molecule has 0 bridgehead atoms. The van der Waals surface area contributed by atoms with Gasteiger partial charge in [-0.05, 0) is 12.1 Å². The Hall–Kier alpha value is -1.18. The number of benzene rings is 1. The molecule has 2 N–H and O–H groups in total. The molecule has 0 fully saturated rings. The third-order valence-corrected chi connectivity index (χ3v) is 4.60. The molecule has 1 heterocycles. The van der Waals surface area contributed by atoms with E-state index in [1.165, 1.54) is 11.3 Å². The molecule has 0 saturated carbocycles. The van der Waals surface area contributed by atoms with Gasteiger partial charge in [-0.1, -0.05) is 29.3 Å². The van der Waals surface area contributed by atoms with Crippen LogP contribution in [0, 0.1) is 0 Å².